The van der Waals surface area contributed by atoms with Crippen molar-refractivity contribution in [2.75, 3.05) is 0 Å². The average molecular weight is 393 g/mol. The summed E-state index contributed by atoms with van der Waals surface area (Å²) in [7, 11) is 0. The lowest BCUT2D eigenvalue weighted by Gasteiger charge is -2.06. The molecule has 2 aromatic carbocycles. The summed E-state index contributed by atoms with van der Waals surface area (Å²) in [5, 5.41) is 13.4. The van der Waals surface area contributed by atoms with E-state index in [-0.39, 0.29) is 21.4 Å². The summed E-state index contributed by atoms with van der Waals surface area (Å²) in [5.74, 6) is -0.489. The number of benzene rings is 2. The second-order valence-electron chi connectivity index (χ2n) is 5.38. The summed E-state index contributed by atoms with van der Waals surface area (Å²) >= 11 is 0.935. The van der Waals surface area contributed by atoms with Crippen molar-refractivity contribution < 1.29 is 22.9 Å². The minimum atomic E-state index is -4.49. The number of rotatable bonds is 3. The molecule has 1 N–H and O–H groups in total. The third-order valence-corrected chi connectivity index (χ3v) is 4.34. The predicted molar refractivity (Wildman–Crippen MR) is 95.3 cm³/mol. The van der Waals surface area contributed by atoms with Gasteiger partial charge in [-0.2, -0.15) is 13.2 Å². The lowest BCUT2D eigenvalue weighted by molar-refractivity contribution is -0.384. The third-order valence-electron chi connectivity index (χ3n) is 3.43. The van der Waals surface area contributed by atoms with Crippen LogP contribution in [0.25, 0.3) is 6.08 Å². The molecule has 1 amide bonds. The van der Waals surface area contributed by atoms with E-state index in [1.54, 1.807) is 6.07 Å². The van der Waals surface area contributed by atoms with Crippen LogP contribution < -0.4 is 5.32 Å². The summed E-state index contributed by atoms with van der Waals surface area (Å²) < 4.78 is 38.3. The molecule has 0 radical (unpaired) electrons. The number of hydrogen-bond donors (Lipinski definition) is 1. The van der Waals surface area contributed by atoms with Crippen LogP contribution in [0.4, 0.5) is 24.5 Å². The SMILES string of the molecule is O=C1NC(=Nc2cccc(C(F)(F)F)c2)S/C1=C\c1cccc([N+](=O)[O-])c1. The van der Waals surface area contributed by atoms with Crippen LogP contribution in [0.5, 0.6) is 0 Å². The smallest absolute Gasteiger partial charge is 0.300 e. The van der Waals surface area contributed by atoms with Gasteiger partial charge in [0.25, 0.3) is 11.6 Å². The molecule has 1 aliphatic rings. The van der Waals surface area contributed by atoms with Gasteiger partial charge in [0.2, 0.25) is 0 Å². The molecule has 10 heteroatoms. The molecular weight excluding hydrogens is 383 g/mol. The number of carbonyl (C=O) groups excluding carboxylic acids is 1. The van der Waals surface area contributed by atoms with Gasteiger partial charge in [-0.25, -0.2) is 4.99 Å². The van der Waals surface area contributed by atoms with Crippen LogP contribution in [0, 0.1) is 10.1 Å². The molecule has 6 nitrogen and oxygen atoms in total. The molecule has 3 rings (SSSR count). The third kappa shape index (κ3) is 4.53. The van der Waals surface area contributed by atoms with E-state index >= 15 is 0 Å². The van der Waals surface area contributed by atoms with Gasteiger partial charge >= 0.3 is 6.18 Å². The Morgan fingerprint density at radius 2 is 1.89 bits per heavy atom. The second-order valence-corrected chi connectivity index (χ2v) is 6.41. The van der Waals surface area contributed by atoms with Gasteiger partial charge in [0.15, 0.2) is 5.17 Å². The number of alkyl halides is 3. The number of nitro benzene ring substituents is 1. The minimum Gasteiger partial charge on any atom is -0.300 e. The van der Waals surface area contributed by atoms with Crippen molar-refractivity contribution in [3.63, 3.8) is 0 Å². The Kier molecular flexibility index (Phi) is 5.00. The Bertz CT molecular complexity index is 987. The molecule has 138 valence electrons. The quantitative estimate of drug-likeness (QED) is 0.473. The fourth-order valence-electron chi connectivity index (χ4n) is 2.23. The molecule has 0 bridgehead atoms. The van der Waals surface area contributed by atoms with Gasteiger partial charge in [-0.3, -0.25) is 14.9 Å². The number of non-ortho nitro benzene ring substituents is 1. The number of thioether (sulfide) groups is 1. The molecule has 0 aromatic heterocycles. The number of aliphatic imine (C=N–C) groups is 1. The zero-order valence-electron chi connectivity index (χ0n) is 13.4. The van der Waals surface area contributed by atoms with Crippen LogP contribution in [-0.2, 0) is 11.0 Å². The van der Waals surface area contributed by atoms with Crippen LogP contribution in [0.1, 0.15) is 11.1 Å². The molecule has 1 heterocycles. The van der Waals surface area contributed by atoms with Crippen molar-refractivity contribution in [3.05, 3.63) is 74.7 Å². The maximum atomic E-state index is 12.8. The first-order chi connectivity index (χ1) is 12.7. The first-order valence-corrected chi connectivity index (χ1v) is 8.25. The van der Waals surface area contributed by atoms with Crippen molar-refractivity contribution in [1.82, 2.24) is 5.32 Å². The Morgan fingerprint density at radius 1 is 1.15 bits per heavy atom. The lowest BCUT2D eigenvalue weighted by atomic mass is 10.2. The summed E-state index contributed by atoms with van der Waals surface area (Å²) in [4.78, 5) is 26.5. The summed E-state index contributed by atoms with van der Waals surface area (Å²) in [5.41, 5.74) is -0.469. The average Bonchev–Trinajstić information content (AvgIpc) is 2.93. The topological polar surface area (TPSA) is 84.6 Å². The van der Waals surface area contributed by atoms with Crippen molar-refractivity contribution in [2.45, 2.75) is 6.18 Å². The van der Waals surface area contributed by atoms with Crippen LogP contribution in [0.3, 0.4) is 0 Å². The van der Waals surface area contributed by atoms with Gasteiger partial charge in [-0.1, -0.05) is 18.2 Å². The van der Waals surface area contributed by atoms with Crippen molar-refractivity contribution in [1.29, 1.82) is 0 Å². The van der Waals surface area contributed by atoms with Crippen molar-refractivity contribution >= 4 is 40.3 Å². The van der Waals surface area contributed by atoms with Crippen LogP contribution >= 0.6 is 11.8 Å². The molecule has 1 fully saturated rings. The molecular formula is C17H10F3N3O3S. The number of hydrogen-bond acceptors (Lipinski definition) is 5. The largest absolute Gasteiger partial charge is 0.416 e. The van der Waals surface area contributed by atoms with Gasteiger partial charge < -0.3 is 5.32 Å². The number of nitrogens with zero attached hydrogens (tertiary/aromatic N) is 2. The van der Waals surface area contributed by atoms with E-state index in [4.69, 9.17) is 0 Å². The zero-order chi connectivity index (χ0) is 19.6. The highest BCUT2D eigenvalue weighted by atomic mass is 32.2. The van der Waals surface area contributed by atoms with E-state index in [1.165, 1.54) is 36.4 Å². The fraction of sp³-hybridized carbons (Fsp3) is 0.0588. The molecule has 0 spiro atoms. The van der Waals surface area contributed by atoms with E-state index < -0.39 is 22.6 Å². The van der Waals surface area contributed by atoms with Crippen LogP contribution in [-0.4, -0.2) is 16.0 Å². The molecule has 2 aromatic rings. The number of nitro groups is 1. The first-order valence-electron chi connectivity index (χ1n) is 7.44. The highest BCUT2D eigenvalue weighted by molar-refractivity contribution is 8.18. The molecule has 0 aliphatic carbocycles. The van der Waals surface area contributed by atoms with E-state index in [2.05, 4.69) is 10.3 Å². The molecule has 0 atom stereocenters. The van der Waals surface area contributed by atoms with E-state index in [0.717, 1.165) is 23.9 Å². The van der Waals surface area contributed by atoms with Crippen molar-refractivity contribution in [2.24, 2.45) is 4.99 Å². The molecule has 0 saturated carbocycles. The Labute approximate surface area is 154 Å². The van der Waals surface area contributed by atoms with Gasteiger partial charge in [0.1, 0.15) is 0 Å². The summed E-state index contributed by atoms with van der Waals surface area (Å²) in [6.45, 7) is 0. The maximum Gasteiger partial charge on any atom is 0.416 e. The Morgan fingerprint density at radius 3 is 2.59 bits per heavy atom. The maximum absolute atomic E-state index is 12.8. The van der Waals surface area contributed by atoms with E-state index in [0.29, 0.717) is 5.56 Å². The summed E-state index contributed by atoms with van der Waals surface area (Å²) in [6, 6.07) is 10.1. The van der Waals surface area contributed by atoms with Crippen LogP contribution in [0.2, 0.25) is 0 Å². The second kappa shape index (κ2) is 7.23. The van der Waals surface area contributed by atoms with E-state index in [1.807, 2.05) is 0 Å². The molecule has 27 heavy (non-hydrogen) atoms. The molecule has 1 saturated heterocycles. The first kappa shape index (κ1) is 18.6. The van der Waals surface area contributed by atoms with Crippen molar-refractivity contribution in [3.8, 4) is 0 Å². The highest BCUT2D eigenvalue weighted by Gasteiger charge is 2.30. The monoisotopic (exact) mass is 393 g/mol. The number of amidine groups is 1. The lowest BCUT2D eigenvalue weighted by Crippen LogP contribution is -2.19. The highest BCUT2D eigenvalue weighted by Crippen LogP contribution is 2.33. The van der Waals surface area contributed by atoms with Gasteiger partial charge in [-0.15, -0.1) is 0 Å². The van der Waals surface area contributed by atoms with E-state index in [9.17, 15) is 28.1 Å². The minimum absolute atomic E-state index is 0.0456. The fourth-order valence-corrected chi connectivity index (χ4v) is 3.07. The summed E-state index contributed by atoms with van der Waals surface area (Å²) in [6.07, 6.45) is -3.04. The Hall–Kier alpha value is -3.14. The molecule has 1 aliphatic heterocycles. The van der Waals surface area contributed by atoms with Gasteiger partial charge in [0, 0.05) is 12.1 Å². The Balaban J connectivity index is 1.84. The molecule has 0 unspecified atom stereocenters. The van der Waals surface area contributed by atoms with Gasteiger partial charge in [-0.05, 0) is 41.6 Å². The number of nitrogens with one attached hydrogen (secondary N) is 1. The zero-order valence-corrected chi connectivity index (χ0v) is 14.2. The standard InChI is InChI=1S/C17H10F3N3O3S/c18-17(19,20)11-4-2-5-12(9-11)21-16-22-15(24)14(27-16)8-10-3-1-6-13(7-10)23(25)26/h1-9H,(H,21,22,24)/b14-8-. The van der Waals surface area contributed by atoms with Gasteiger partial charge in [0.05, 0.1) is 21.1 Å². The number of carbonyl (C=O) groups is 1. The van der Waals surface area contributed by atoms with Crippen LogP contribution in [0.15, 0.2) is 58.4 Å². The predicted octanol–water partition coefficient (Wildman–Crippen LogP) is 4.51. The number of amides is 1. The number of halogens is 3. The normalized spacial score (nSPS) is 17.4.